The SMILES string of the molecule is COc1cc([C@@H](CO)C(c2ccc(O)c(CO)c2)c2ccc(O)c(CO)c2)ccc1O.S. The molecule has 0 fully saturated rings. The molecule has 1 atom stereocenters. The van der Waals surface area contributed by atoms with E-state index in [9.17, 15) is 30.6 Å². The molecule has 0 aliphatic rings. The van der Waals surface area contributed by atoms with Crippen LogP contribution in [0.2, 0.25) is 0 Å². The zero-order valence-electron chi connectivity index (χ0n) is 17.6. The predicted octanol–water partition coefficient (Wildman–Crippen LogP) is 2.82. The van der Waals surface area contributed by atoms with Gasteiger partial charge in [-0.1, -0.05) is 18.2 Å². The average Bonchev–Trinajstić information content (AvgIpc) is 2.79. The number of aliphatic hydroxyl groups is 3. The summed E-state index contributed by atoms with van der Waals surface area (Å²) in [4.78, 5) is 0. The van der Waals surface area contributed by atoms with Crippen molar-refractivity contribution in [1.29, 1.82) is 0 Å². The van der Waals surface area contributed by atoms with Gasteiger partial charge < -0.3 is 35.4 Å². The average molecular weight is 461 g/mol. The number of rotatable bonds is 8. The van der Waals surface area contributed by atoms with Gasteiger partial charge in [-0.15, -0.1) is 0 Å². The molecule has 0 unspecified atom stereocenters. The Morgan fingerprint density at radius 1 is 0.688 bits per heavy atom. The first-order chi connectivity index (χ1) is 14.9. The van der Waals surface area contributed by atoms with Crippen molar-refractivity contribution in [2.75, 3.05) is 13.7 Å². The van der Waals surface area contributed by atoms with Crippen molar-refractivity contribution in [2.45, 2.75) is 25.0 Å². The lowest BCUT2D eigenvalue weighted by atomic mass is 9.76. The standard InChI is InChI=1S/C24H26O7.H2S/c1-31-23-10-14(2-7-22(23)30)19(13-27)24(15-3-5-20(28)17(8-15)11-25)16-4-6-21(29)18(9-16)12-26;/h2-10,19,24-30H,11-13H2,1H3;1H2/t19-;/m1./s1. The summed E-state index contributed by atoms with van der Waals surface area (Å²) in [5.74, 6) is -0.813. The van der Waals surface area contributed by atoms with Gasteiger partial charge in [-0.05, 0) is 53.1 Å². The fourth-order valence-electron chi connectivity index (χ4n) is 3.84. The number of hydrogen-bond donors (Lipinski definition) is 6. The maximum Gasteiger partial charge on any atom is 0.160 e. The van der Waals surface area contributed by atoms with E-state index in [1.54, 1.807) is 36.4 Å². The first-order valence-corrected chi connectivity index (χ1v) is 9.76. The van der Waals surface area contributed by atoms with Crippen LogP contribution < -0.4 is 4.74 Å². The molecule has 8 heteroatoms. The minimum atomic E-state index is -0.498. The van der Waals surface area contributed by atoms with Gasteiger partial charge in [0.25, 0.3) is 0 Å². The number of phenols is 3. The molecule has 0 heterocycles. The van der Waals surface area contributed by atoms with Crippen LogP contribution in [-0.4, -0.2) is 44.4 Å². The smallest absolute Gasteiger partial charge is 0.160 e. The number of aliphatic hydroxyl groups excluding tert-OH is 3. The molecule has 0 bridgehead atoms. The van der Waals surface area contributed by atoms with Crippen LogP contribution in [0.25, 0.3) is 0 Å². The summed E-state index contributed by atoms with van der Waals surface area (Å²) in [5.41, 5.74) is 2.79. The second kappa shape index (κ2) is 11.1. The van der Waals surface area contributed by atoms with Crippen LogP contribution in [0.5, 0.6) is 23.0 Å². The van der Waals surface area contributed by atoms with E-state index in [1.165, 1.54) is 25.3 Å². The highest BCUT2D eigenvalue weighted by molar-refractivity contribution is 7.59. The first-order valence-electron chi connectivity index (χ1n) is 9.76. The zero-order valence-corrected chi connectivity index (χ0v) is 18.6. The largest absolute Gasteiger partial charge is 0.508 e. The lowest BCUT2D eigenvalue weighted by Crippen LogP contribution is -2.17. The third kappa shape index (κ3) is 5.11. The normalized spacial score (nSPS) is 11.8. The van der Waals surface area contributed by atoms with Gasteiger partial charge in [-0.3, -0.25) is 0 Å². The fourth-order valence-corrected chi connectivity index (χ4v) is 3.84. The van der Waals surface area contributed by atoms with Gasteiger partial charge in [0.2, 0.25) is 0 Å². The molecule has 0 amide bonds. The Morgan fingerprint density at radius 3 is 1.59 bits per heavy atom. The van der Waals surface area contributed by atoms with E-state index < -0.39 is 11.8 Å². The Labute approximate surface area is 193 Å². The van der Waals surface area contributed by atoms with E-state index in [2.05, 4.69) is 0 Å². The van der Waals surface area contributed by atoms with Crippen molar-refractivity contribution in [1.82, 2.24) is 0 Å². The quantitative estimate of drug-likeness (QED) is 0.305. The van der Waals surface area contributed by atoms with Crippen LogP contribution in [0.15, 0.2) is 54.6 Å². The van der Waals surface area contributed by atoms with Gasteiger partial charge in [-0.2, -0.15) is 13.5 Å². The molecule has 0 aromatic heterocycles. The lowest BCUT2D eigenvalue weighted by molar-refractivity contribution is 0.254. The third-order valence-electron chi connectivity index (χ3n) is 5.50. The van der Waals surface area contributed by atoms with E-state index in [-0.39, 0.29) is 56.3 Å². The van der Waals surface area contributed by atoms with Crippen molar-refractivity contribution >= 4 is 13.5 Å². The predicted molar refractivity (Wildman–Crippen MR) is 125 cm³/mol. The highest BCUT2D eigenvalue weighted by Gasteiger charge is 2.28. The molecule has 0 saturated heterocycles. The Morgan fingerprint density at radius 2 is 1.16 bits per heavy atom. The van der Waals surface area contributed by atoms with Crippen LogP contribution in [0.4, 0.5) is 0 Å². The van der Waals surface area contributed by atoms with Gasteiger partial charge in [0.1, 0.15) is 11.5 Å². The second-order valence-corrected chi connectivity index (χ2v) is 7.29. The van der Waals surface area contributed by atoms with Gasteiger partial charge in [-0.25, -0.2) is 0 Å². The van der Waals surface area contributed by atoms with Crippen LogP contribution in [-0.2, 0) is 13.2 Å². The summed E-state index contributed by atoms with van der Waals surface area (Å²) in [6, 6.07) is 14.5. The van der Waals surface area contributed by atoms with E-state index >= 15 is 0 Å². The molecule has 7 nitrogen and oxygen atoms in total. The highest BCUT2D eigenvalue weighted by Crippen LogP contribution is 2.42. The summed E-state index contributed by atoms with van der Waals surface area (Å²) in [6.45, 7) is -0.982. The number of benzene rings is 3. The number of phenolic OH excluding ortho intramolecular Hbond substituents is 1. The maximum absolute atomic E-state index is 10.4. The summed E-state index contributed by atoms with van der Waals surface area (Å²) >= 11 is 0. The second-order valence-electron chi connectivity index (χ2n) is 7.29. The van der Waals surface area contributed by atoms with E-state index in [1.807, 2.05) is 0 Å². The topological polar surface area (TPSA) is 131 Å². The van der Waals surface area contributed by atoms with Crippen molar-refractivity contribution < 1.29 is 35.4 Å². The molecule has 0 aliphatic carbocycles. The van der Waals surface area contributed by atoms with Crippen molar-refractivity contribution in [3.05, 3.63) is 82.4 Å². The zero-order chi connectivity index (χ0) is 22.5. The van der Waals surface area contributed by atoms with Crippen LogP contribution >= 0.6 is 13.5 Å². The Kier molecular flexibility index (Phi) is 8.80. The molecule has 3 aromatic carbocycles. The van der Waals surface area contributed by atoms with Gasteiger partial charge in [0.05, 0.1) is 26.9 Å². The monoisotopic (exact) mass is 460 g/mol. The van der Waals surface area contributed by atoms with Gasteiger partial charge in [0, 0.05) is 23.0 Å². The Hall–Kier alpha value is -2.91. The highest BCUT2D eigenvalue weighted by atomic mass is 32.1. The summed E-state index contributed by atoms with van der Waals surface area (Å²) in [6.07, 6.45) is 0. The summed E-state index contributed by atoms with van der Waals surface area (Å²) in [5, 5.41) is 59.5. The van der Waals surface area contributed by atoms with Crippen LogP contribution in [0, 0.1) is 0 Å². The number of methoxy groups -OCH3 is 1. The third-order valence-corrected chi connectivity index (χ3v) is 5.50. The molecule has 3 aromatic rings. The Balaban J connectivity index is 0.00000363. The van der Waals surface area contributed by atoms with E-state index in [0.717, 1.165) is 0 Å². The molecular formula is C24H28O7S. The van der Waals surface area contributed by atoms with E-state index in [0.29, 0.717) is 27.8 Å². The first kappa shape index (κ1) is 25.4. The number of hydrogen-bond acceptors (Lipinski definition) is 7. The Bertz CT molecular complexity index is 1000. The van der Waals surface area contributed by atoms with E-state index in [4.69, 9.17) is 4.74 Å². The van der Waals surface area contributed by atoms with Crippen molar-refractivity contribution in [3.63, 3.8) is 0 Å². The summed E-state index contributed by atoms with van der Waals surface area (Å²) < 4.78 is 5.21. The fraction of sp³-hybridized carbons (Fsp3) is 0.250. The molecule has 0 spiro atoms. The van der Waals surface area contributed by atoms with Crippen molar-refractivity contribution in [2.24, 2.45) is 0 Å². The molecule has 172 valence electrons. The minimum Gasteiger partial charge on any atom is -0.508 e. The molecule has 3 rings (SSSR count). The molecule has 32 heavy (non-hydrogen) atoms. The lowest BCUT2D eigenvalue weighted by Gasteiger charge is -2.28. The number of aromatic hydroxyl groups is 3. The van der Waals surface area contributed by atoms with Crippen LogP contribution in [0.1, 0.15) is 39.7 Å². The summed E-state index contributed by atoms with van der Waals surface area (Å²) in [7, 11) is 1.44. The van der Waals surface area contributed by atoms with Gasteiger partial charge in [0.15, 0.2) is 11.5 Å². The minimum absolute atomic E-state index is 0. The molecule has 0 saturated carbocycles. The van der Waals surface area contributed by atoms with Gasteiger partial charge >= 0.3 is 0 Å². The van der Waals surface area contributed by atoms with Crippen LogP contribution in [0.3, 0.4) is 0 Å². The molecule has 0 radical (unpaired) electrons. The molecule has 0 aliphatic heterocycles. The maximum atomic E-state index is 10.4. The van der Waals surface area contributed by atoms with Crippen molar-refractivity contribution in [3.8, 4) is 23.0 Å². The number of ether oxygens (including phenoxy) is 1. The molecular weight excluding hydrogens is 432 g/mol. The molecule has 6 N–H and O–H groups in total.